The minimum absolute atomic E-state index is 0.0812. The van der Waals surface area contributed by atoms with Crippen LogP contribution in [-0.4, -0.2) is 56.3 Å². The molecule has 32 heavy (non-hydrogen) atoms. The van der Waals surface area contributed by atoms with E-state index in [0.717, 1.165) is 60.9 Å². The van der Waals surface area contributed by atoms with Gasteiger partial charge in [-0.1, -0.05) is 35.9 Å². The fourth-order valence-corrected chi connectivity index (χ4v) is 4.87. The first kappa shape index (κ1) is 21.1. The van der Waals surface area contributed by atoms with Gasteiger partial charge >= 0.3 is 0 Å². The Bertz CT molecular complexity index is 1300. The molecule has 1 saturated heterocycles. The van der Waals surface area contributed by atoms with Crippen molar-refractivity contribution in [2.75, 3.05) is 26.2 Å². The minimum atomic E-state index is -0.0812. The summed E-state index contributed by atoms with van der Waals surface area (Å²) in [5.74, 6) is 0.728. The topological polar surface area (TPSA) is 67.5 Å². The van der Waals surface area contributed by atoms with Crippen LogP contribution in [-0.2, 0) is 13.0 Å². The molecule has 4 aromatic rings. The van der Waals surface area contributed by atoms with Crippen LogP contribution < -0.4 is 10.9 Å². The summed E-state index contributed by atoms with van der Waals surface area (Å²) < 4.78 is 3.71. The summed E-state index contributed by atoms with van der Waals surface area (Å²) >= 11 is 6.04. The number of nitrogens with one attached hydrogen (secondary N) is 1. The summed E-state index contributed by atoms with van der Waals surface area (Å²) in [5, 5.41) is 12.6. The number of benzene rings is 2. The number of hydrogen-bond donors (Lipinski definition) is 1. The highest BCUT2D eigenvalue weighted by Crippen LogP contribution is 2.17. The molecule has 0 radical (unpaired) electrons. The molecule has 0 aliphatic carbocycles. The summed E-state index contributed by atoms with van der Waals surface area (Å²) in [6.07, 6.45) is 1.88. The lowest BCUT2D eigenvalue weighted by molar-refractivity contribution is 0.156. The first-order chi connectivity index (χ1) is 15.6. The zero-order valence-electron chi connectivity index (χ0n) is 18.2. The van der Waals surface area contributed by atoms with E-state index < -0.39 is 0 Å². The SMILES string of the molecule is Cc1nnc2c(=O)n(CCCN3CCNCC3Cc3ccc(Cl)cc3)c3ccccc3n12. The summed E-state index contributed by atoms with van der Waals surface area (Å²) in [4.78, 5) is 15.7. The zero-order chi connectivity index (χ0) is 22.1. The van der Waals surface area contributed by atoms with Crippen molar-refractivity contribution in [2.24, 2.45) is 0 Å². The van der Waals surface area contributed by atoms with Gasteiger partial charge in [-0.05, 0) is 49.6 Å². The van der Waals surface area contributed by atoms with Gasteiger partial charge in [-0.15, -0.1) is 10.2 Å². The Balaban J connectivity index is 1.34. The average Bonchev–Trinajstić information content (AvgIpc) is 3.20. The molecule has 3 heterocycles. The average molecular weight is 451 g/mol. The Hall–Kier alpha value is -2.74. The van der Waals surface area contributed by atoms with Crippen LogP contribution in [0.1, 0.15) is 17.8 Å². The number of aryl methyl sites for hydroxylation is 2. The lowest BCUT2D eigenvalue weighted by Crippen LogP contribution is -2.52. The summed E-state index contributed by atoms with van der Waals surface area (Å²) in [7, 11) is 0. The molecular weight excluding hydrogens is 424 g/mol. The number of halogens is 1. The Morgan fingerprint density at radius 3 is 2.66 bits per heavy atom. The summed E-state index contributed by atoms with van der Waals surface area (Å²) in [6.45, 7) is 6.44. The molecule has 0 bridgehead atoms. The van der Waals surface area contributed by atoms with Crippen molar-refractivity contribution in [2.45, 2.75) is 32.4 Å². The zero-order valence-corrected chi connectivity index (χ0v) is 18.9. The van der Waals surface area contributed by atoms with Crippen molar-refractivity contribution >= 4 is 28.3 Å². The molecule has 5 rings (SSSR count). The van der Waals surface area contributed by atoms with Crippen LogP contribution in [0.5, 0.6) is 0 Å². The number of fused-ring (bicyclic) bond motifs is 3. The molecule has 2 aromatic carbocycles. The second-order valence-corrected chi connectivity index (χ2v) is 8.87. The predicted octanol–water partition coefficient (Wildman–Crippen LogP) is 2.91. The standard InChI is InChI=1S/C24H27ClN6O/c1-17-27-28-23-24(32)30(21-5-2-3-6-22(21)31(17)23)13-4-12-29-14-11-26-16-20(29)15-18-7-9-19(25)10-8-18/h2-3,5-10,20,26H,4,11-16H2,1H3. The summed E-state index contributed by atoms with van der Waals surface area (Å²) in [6, 6.07) is 16.5. The van der Waals surface area contributed by atoms with E-state index in [1.807, 2.05) is 52.3 Å². The third-order valence-electron chi connectivity index (χ3n) is 6.36. The highest BCUT2D eigenvalue weighted by molar-refractivity contribution is 6.30. The molecule has 0 spiro atoms. The third-order valence-corrected chi connectivity index (χ3v) is 6.61. The highest BCUT2D eigenvalue weighted by Gasteiger charge is 2.22. The molecule has 166 valence electrons. The van der Waals surface area contributed by atoms with Gasteiger partial charge in [-0.3, -0.25) is 14.1 Å². The van der Waals surface area contributed by atoms with Crippen molar-refractivity contribution in [3.8, 4) is 0 Å². The molecule has 1 N–H and O–H groups in total. The van der Waals surface area contributed by atoms with E-state index in [2.05, 4.69) is 32.5 Å². The fourth-order valence-electron chi connectivity index (χ4n) is 4.75. The van der Waals surface area contributed by atoms with Gasteiger partial charge in [-0.25, -0.2) is 0 Å². The van der Waals surface area contributed by atoms with Gasteiger partial charge in [0, 0.05) is 43.8 Å². The normalized spacial score (nSPS) is 17.4. The largest absolute Gasteiger partial charge is 0.314 e. The summed E-state index contributed by atoms with van der Waals surface area (Å²) in [5.41, 5.74) is 3.49. The molecule has 0 amide bonds. The number of aromatic nitrogens is 4. The Kier molecular flexibility index (Phi) is 5.95. The van der Waals surface area contributed by atoms with Crippen molar-refractivity contribution in [1.82, 2.24) is 29.4 Å². The van der Waals surface area contributed by atoms with E-state index >= 15 is 0 Å². The molecule has 1 unspecified atom stereocenters. The molecule has 0 saturated carbocycles. The van der Waals surface area contributed by atoms with Crippen LogP contribution in [0.25, 0.3) is 16.7 Å². The van der Waals surface area contributed by atoms with Crippen LogP contribution in [0.2, 0.25) is 5.02 Å². The van der Waals surface area contributed by atoms with Gasteiger partial charge < -0.3 is 9.88 Å². The van der Waals surface area contributed by atoms with E-state index in [1.54, 1.807) is 0 Å². The van der Waals surface area contributed by atoms with E-state index in [0.29, 0.717) is 18.2 Å². The highest BCUT2D eigenvalue weighted by atomic mass is 35.5. The Morgan fingerprint density at radius 1 is 1.06 bits per heavy atom. The first-order valence-corrected chi connectivity index (χ1v) is 11.5. The lowest BCUT2D eigenvalue weighted by Gasteiger charge is -2.36. The van der Waals surface area contributed by atoms with Gasteiger partial charge in [0.05, 0.1) is 11.0 Å². The first-order valence-electron chi connectivity index (χ1n) is 11.1. The third kappa shape index (κ3) is 4.03. The number of hydrogen-bond acceptors (Lipinski definition) is 5. The lowest BCUT2D eigenvalue weighted by atomic mass is 10.0. The van der Waals surface area contributed by atoms with Crippen LogP contribution >= 0.6 is 11.6 Å². The molecule has 1 atom stereocenters. The van der Waals surface area contributed by atoms with Crippen molar-refractivity contribution in [3.05, 3.63) is 75.3 Å². The molecule has 7 nitrogen and oxygen atoms in total. The number of rotatable bonds is 6. The number of piperazine rings is 1. The molecule has 2 aromatic heterocycles. The Labute approximate surface area is 191 Å². The van der Waals surface area contributed by atoms with Gasteiger partial charge in [0.15, 0.2) is 0 Å². The quantitative estimate of drug-likeness (QED) is 0.489. The van der Waals surface area contributed by atoms with Gasteiger partial charge in [0.1, 0.15) is 5.82 Å². The van der Waals surface area contributed by atoms with Crippen molar-refractivity contribution < 1.29 is 0 Å². The van der Waals surface area contributed by atoms with Gasteiger partial charge in [0.25, 0.3) is 5.56 Å². The van der Waals surface area contributed by atoms with E-state index in [1.165, 1.54) is 5.56 Å². The second-order valence-electron chi connectivity index (χ2n) is 8.43. The maximum atomic E-state index is 13.2. The van der Waals surface area contributed by atoms with Crippen molar-refractivity contribution in [3.63, 3.8) is 0 Å². The molecule has 1 fully saturated rings. The predicted molar refractivity (Wildman–Crippen MR) is 127 cm³/mol. The fraction of sp³-hybridized carbons (Fsp3) is 0.375. The molecule has 1 aliphatic rings. The van der Waals surface area contributed by atoms with E-state index in [9.17, 15) is 4.79 Å². The molecule has 8 heteroatoms. The van der Waals surface area contributed by atoms with Gasteiger partial charge in [0.2, 0.25) is 5.65 Å². The molecular formula is C24H27ClN6O. The van der Waals surface area contributed by atoms with E-state index in [-0.39, 0.29) is 5.56 Å². The smallest absolute Gasteiger partial charge is 0.296 e. The Morgan fingerprint density at radius 2 is 1.84 bits per heavy atom. The second kappa shape index (κ2) is 9.02. The maximum absolute atomic E-state index is 13.2. The monoisotopic (exact) mass is 450 g/mol. The maximum Gasteiger partial charge on any atom is 0.296 e. The van der Waals surface area contributed by atoms with Crippen LogP contribution in [0.3, 0.4) is 0 Å². The molecule has 1 aliphatic heterocycles. The van der Waals surface area contributed by atoms with Crippen LogP contribution in [0, 0.1) is 6.92 Å². The van der Waals surface area contributed by atoms with Crippen LogP contribution in [0.4, 0.5) is 0 Å². The van der Waals surface area contributed by atoms with Crippen molar-refractivity contribution in [1.29, 1.82) is 0 Å². The van der Waals surface area contributed by atoms with E-state index in [4.69, 9.17) is 11.6 Å². The number of para-hydroxylation sites is 2. The number of nitrogens with zero attached hydrogens (tertiary/aromatic N) is 5. The van der Waals surface area contributed by atoms with Gasteiger partial charge in [-0.2, -0.15) is 0 Å². The van der Waals surface area contributed by atoms with Crippen LogP contribution in [0.15, 0.2) is 53.3 Å². The minimum Gasteiger partial charge on any atom is -0.314 e.